The van der Waals surface area contributed by atoms with E-state index in [1.54, 1.807) is 11.3 Å². The topological polar surface area (TPSA) is 59.6 Å². The Labute approximate surface area is 152 Å². The molecular formula is C19H24N2O3S. The van der Waals surface area contributed by atoms with Crippen LogP contribution in [0.2, 0.25) is 0 Å². The number of benzene rings is 1. The number of carbonyl (C=O) groups is 1. The van der Waals surface area contributed by atoms with Crippen molar-refractivity contribution in [1.82, 2.24) is 5.32 Å². The van der Waals surface area contributed by atoms with E-state index in [-0.39, 0.29) is 18.1 Å². The SMILES string of the molecule is CCOc1cc2c(cc1N[C@@H](C)C(=O)NCc1cccs1)O[C@H](C)C2. The fourth-order valence-electron chi connectivity index (χ4n) is 2.87. The number of hydrogen-bond donors (Lipinski definition) is 2. The summed E-state index contributed by atoms with van der Waals surface area (Å²) in [4.78, 5) is 13.5. The molecule has 134 valence electrons. The monoisotopic (exact) mass is 360 g/mol. The van der Waals surface area contributed by atoms with E-state index >= 15 is 0 Å². The van der Waals surface area contributed by atoms with Crippen LogP contribution < -0.4 is 20.1 Å². The summed E-state index contributed by atoms with van der Waals surface area (Å²) >= 11 is 1.63. The van der Waals surface area contributed by atoms with Gasteiger partial charge in [0.05, 0.1) is 18.8 Å². The maximum Gasteiger partial charge on any atom is 0.242 e. The number of carbonyl (C=O) groups excluding carboxylic acids is 1. The number of ether oxygens (including phenoxy) is 2. The average Bonchev–Trinajstić information content (AvgIpc) is 3.21. The number of nitrogens with one attached hydrogen (secondary N) is 2. The highest BCUT2D eigenvalue weighted by Crippen LogP contribution is 2.38. The molecule has 2 heterocycles. The molecule has 6 heteroatoms. The summed E-state index contributed by atoms with van der Waals surface area (Å²) in [7, 11) is 0. The first-order valence-electron chi connectivity index (χ1n) is 8.59. The Kier molecular flexibility index (Phi) is 5.48. The zero-order valence-electron chi connectivity index (χ0n) is 14.8. The van der Waals surface area contributed by atoms with E-state index in [9.17, 15) is 4.79 Å². The minimum absolute atomic E-state index is 0.0503. The van der Waals surface area contributed by atoms with Crippen LogP contribution in [0.4, 0.5) is 5.69 Å². The van der Waals surface area contributed by atoms with Gasteiger partial charge in [-0.05, 0) is 38.3 Å². The van der Waals surface area contributed by atoms with Gasteiger partial charge in [-0.25, -0.2) is 0 Å². The summed E-state index contributed by atoms with van der Waals surface area (Å²) < 4.78 is 11.6. The highest BCUT2D eigenvalue weighted by molar-refractivity contribution is 7.09. The quantitative estimate of drug-likeness (QED) is 0.792. The maximum absolute atomic E-state index is 12.4. The van der Waals surface area contributed by atoms with E-state index in [4.69, 9.17) is 9.47 Å². The second kappa shape index (κ2) is 7.78. The maximum atomic E-state index is 12.4. The highest BCUT2D eigenvalue weighted by Gasteiger charge is 2.23. The van der Waals surface area contributed by atoms with Crippen LogP contribution in [0, 0.1) is 0 Å². The largest absolute Gasteiger partial charge is 0.492 e. The Morgan fingerprint density at radius 1 is 1.48 bits per heavy atom. The Morgan fingerprint density at radius 3 is 3.04 bits per heavy atom. The van der Waals surface area contributed by atoms with Gasteiger partial charge in [0, 0.05) is 22.9 Å². The molecule has 0 bridgehead atoms. The zero-order valence-corrected chi connectivity index (χ0v) is 15.6. The van der Waals surface area contributed by atoms with Crippen molar-refractivity contribution in [3.05, 3.63) is 40.1 Å². The predicted molar refractivity (Wildman–Crippen MR) is 101 cm³/mol. The molecule has 0 spiro atoms. The van der Waals surface area contributed by atoms with Crippen LogP contribution in [0.1, 0.15) is 31.2 Å². The first-order valence-corrected chi connectivity index (χ1v) is 9.47. The van der Waals surface area contributed by atoms with Gasteiger partial charge in [-0.3, -0.25) is 4.79 Å². The molecule has 1 amide bonds. The lowest BCUT2D eigenvalue weighted by Gasteiger charge is -2.19. The van der Waals surface area contributed by atoms with E-state index in [2.05, 4.69) is 10.6 Å². The molecule has 1 aliphatic heterocycles. The van der Waals surface area contributed by atoms with Gasteiger partial charge in [0.15, 0.2) is 0 Å². The minimum atomic E-state index is -0.379. The zero-order chi connectivity index (χ0) is 17.8. The van der Waals surface area contributed by atoms with Crippen molar-refractivity contribution in [3.63, 3.8) is 0 Å². The van der Waals surface area contributed by atoms with Crippen molar-refractivity contribution in [2.45, 2.75) is 45.9 Å². The van der Waals surface area contributed by atoms with Gasteiger partial charge in [0.2, 0.25) is 5.91 Å². The third-order valence-electron chi connectivity index (χ3n) is 4.08. The molecule has 0 saturated heterocycles. The van der Waals surface area contributed by atoms with Crippen molar-refractivity contribution in [1.29, 1.82) is 0 Å². The summed E-state index contributed by atoms with van der Waals surface area (Å²) in [5.74, 6) is 1.58. The van der Waals surface area contributed by atoms with Crippen molar-refractivity contribution >= 4 is 22.9 Å². The van der Waals surface area contributed by atoms with Crippen molar-refractivity contribution in [3.8, 4) is 11.5 Å². The third kappa shape index (κ3) is 4.25. The number of rotatable bonds is 7. The average molecular weight is 360 g/mol. The normalized spacial score (nSPS) is 16.7. The standard InChI is InChI=1S/C19H24N2O3S/c1-4-23-18-9-14-8-12(2)24-17(14)10-16(18)21-13(3)19(22)20-11-15-6-5-7-25-15/h5-7,9-10,12-13,21H,4,8,11H2,1-3H3,(H,20,22)/t12-,13+/m1/s1. The Morgan fingerprint density at radius 2 is 2.32 bits per heavy atom. The second-order valence-electron chi connectivity index (χ2n) is 6.18. The van der Waals surface area contributed by atoms with Gasteiger partial charge in [0.25, 0.3) is 0 Å². The molecule has 2 atom stereocenters. The Hall–Kier alpha value is -2.21. The first kappa shape index (κ1) is 17.6. The molecule has 0 radical (unpaired) electrons. The summed E-state index contributed by atoms with van der Waals surface area (Å²) in [5, 5.41) is 8.21. The lowest BCUT2D eigenvalue weighted by molar-refractivity contribution is -0.121. The number of fused-ring (bicyclic) bond motifs is 1. The third-order valence-corrected chi connectivity index (χ3v) is 4.96. The molecule has 5 nitrogen and oxygen atoms in total. The van der Waals surface area contributed by atoms with E-state index in [1.165, 1.54) is 0 Å². The van der Waals surface area contributed by atoms with Crippen molar-refractivity contribution in [2.75, 3.05) is 11.9 Å². The molecule has 3 rings (SSSR count). The van der Waals surface area contributed by atoms with E-state index in [0.717, 1.165) is 34.0 Å². The molecule has 0 unspecified atom stereocenters. The number of amides is 1. The summed E-state index contributed by atoms with van der Waals surface area (Å²) in [6.07, 6.45) is 1.05. The van der Waals surface area contributed by atoms with Gasteiger partial charge in [-0.2, -0.15) is 0 Å². The lowest BCUT2D eigenvalue weighted by Crippen LogP contribution is -2.37. The van der Waals surface area contributed by atoms with Gasteiger partial charge >= 0.3 is 0 Å². The highest BCUT2D eigenvalue weighted by atomic mass is 32.1. The van der Waals surface area contributed by atoms with E-state index in [1.807, 2.05) is 50.4 Å². The summed E-state index contributed by atoms with van der Waals surface area (Å²) in [5.41, 5.74) is 1.93. The molecular weight excluding hydrogens is 336 g/mol. The van der Waals surface area contributed by atoms with Gasteiger partial charge < -0.3 is 20.1 Å². The van der Waals surface area contributed by atoms with Gasteiger partial charge in [0.1, 0.15) is 23.6 Å². The van der Waals surface area contributed by atoms with Crippen LogP contribution in [0.25, 0.3) is 0 Å². The molecule has 0 aliphatic carbocycles. The number of hydrogen-bond acceptors (Lipinski definition) is 5. The van der Waals surface area contributed by atoms with E-state index < -0.39 is 0 Å². The molecule has 1 aromatic carbocycles. The molecule has 0 saturated carbocycles. The molecule has 2 aromatic rings. The number of anilines is 1. The van der Waals surface area contributed by atoms with Crippen LogP contribution in [0.15, 0.2) is 29.6 Å². The fourth-order valence-corrected chi connectivity index (χ4v) is 3.51. The smallest absolute Gasteiger partial charge is 0.242 e. The van der Waals surface area contributed by atoms with E-state index in [0.29, 0.717) is 13.2 Å². The molecule has 1 aromatic heterocycles. The summed E-state index contributed by atoms with van der Waals surface area (Å²) in [6, 6.07) is 7.56. The van der Waals surface area contributed by atoms with Crippen LogP contribution in [-0.2, 0) is 17.8 Å². The summed E-state index contributed by atoms with van der Waals surface area (Å²) in [6.45, 7) is 6.96. The van der Waals surface area contributed by atoms with Gasteiger partial charge in [-0.1, -0.05) is 6.07 Å². The fraction of sp³-hybridized carbons (Fsp3) is 0.421. The second-order valence-corrected chi connectivity index (χ2v) is 7.22. The van der Waals surface area contributed by atoms with Crippen LogP contribution in [0.3, 0.4) is 0 Å². The minimum Gasteiger partial charge on any atom is -0.492 e. The molecule has 0 fully saturated rings. The lowest BCUT2D eigenvalue weighted by atomic mass is 10.1. The van der Waals surface area contributed by atoms with Gasteiger partial charge in [-0.15, -0.1) is 11.3 Å². The molecule has 25 heavy (non-hydrogen) atoms. The van der Waals surface area contributed by atoms with Crippen LogP contribution in [0.5, 0.6) is 11.5 Å². The number of thiophene rings is 1. The first-order chi connectivity index (χ1) is 12.1. The predicted octanol–water partition coefficient (Wildman–Crippen LogP) is 3.59. The Bertz CT molecular complexity index is 731. The Balaban J connectivity index is 1.68. The van der Waals surface area contributed by atoms with Crippen LogP contribution in [-0.4, -0.2) is 24.7 Å². The molecule has 2 N–H and O–H groups in total. The van der Waals surface area contributed by atoms with Crippen molar-refractivity contribution < 1.29 is 14.3 Å². The van der Waals surface area contributed by atoms with Crippen LogP contribution >= 0.6 is 11.3 Å². The van der Waals surface area contributed by atoms with Crippen molar-refractivity contribution in [2.24, 2.45) is 0 Å². The molecule has 1 aliphatic rings.